The number of hydrogen-bond acceptors (Lipinski definition) is 3. The summed E-state index contributed by atoms with van der Waals surface area (Å²) in [6, 6.07) is 10.9. The lowest BCUT2D eigenvalue weighted by atomic mass is 9.99. The summed E-state index contributed by atoms with van der Waals surface area (Å²) in [7, 11) is 0. The quantitative estimate of drug-likeness (QED) is 0.822. The monoisotopic (exact) mass is 380 g/mol. The van der Waals surface area contributed by atoms with Crippen molar-refractivity contribution in [2.24, 2.45) is 5.10 Å². The van der Waals surface area contributed by atoms with Gasteiger partial charge in [0, 0.05) is 5.56 Å². The molecule has 1 aliphatic heterocycles. The van der Waals surface area contributed by atoms with Crippen molar-refractivity contribution in [2.45, 2.75) is 31.7 Å². The van der Waals surface area contributed by atoms with Crippen LogP contribution in [-0.4, -0.2) is 33.6 Å². The van der Waals surface area contributed by atoms with Crippen molar-refractivity contribution < 1.29 is 27.5 Å². The van der Waals surface area contributed by atoms with E-state index in [9.17, 15) is 27.5 Å². The number of carbonyl (C=O) groups is 1. The molecule has 4 nitrogen and oxygen atoms in total. The molecule has 1 atom stereocenters. The van der Waals surface area contributed by atoms with Gasteiger partial charge in [0.25, 0.3) is 11.6 Å². The van der Waals surface area contributed by atoms with E-state index in [1.54, 1.807) is 24.3 Å². The van der Waals surface area contributed by atoms with Crippen molar-refractivity contribution in [1.82, 2.24) is 5.01 Å². The first kappa shape index (κ1) is 19.0. The van der Waals surface area contributed by atoms with Crippen molar-refractivity contribution in [1.29, 1.82) is 0 Å². The molecule has 0 saturated heterocycles. The second kappa shape index (κ2) is 6.77. The fourth-order valence-electron chi connectivity index (χ4n) is 2.82. The maximum atomic E-state index is 13.6. The first-order valence-corrected chi connectivity index (χ1v) is 8.21. The summed E-state index contributed by atoms with van der Waals surface area (Å²) in [5, 5.41) is 14.0. The molecule has 3 rings (SSSR count). The van der Waals surface area contributed by atoms with Crippen LogP contribution in [0.1, 0.15) is 34.8 Å². The van der Waals surface area contributed by atoms with E-state index < -0.39 is 30.0 Å². The lowest BCUT2D eigenvalue weighted by molar-refractivity contribution is -0.297. The zero-order chi connectivity index (χ0) is 19.8. The Kier molecular flexibility index (Phi) is 4.77. The molecule has 1 amide bonds. The molecule has 0 radical (unpaired) electrons. The van der Waals surface area contributed by atoms with Crippen LogP contribution in [-0.2, 0) is 6.42 Å². The molecular formula is C19H16F4N2O2. The molecule has 0 saturated carbocycles. The van der Waals surface area contributed by atoms with Crippen LogP contribution in [0, 0.1) is 5.82 Å². The summed E-state index contributed by atoms with van der Waals surface area (Å²) < 4.78 is 54.1. The molecule has 1 N–H and O–H groups in total. The highest BCUT2D eigenvalue weighted by Gasteiger charge is 2.63. The molecule has 0 aromatic heterocycles. The average molecular weight is 380 g/mol. The third kappa shape index (κ3) is 3.44. The van der Waals surface area contributed by atoms with Gasteiger partial charge in [-0.25, -0.2) is 4.39 Å². The summed E-state index contributed by atoms with van der Waals surface area (Å²) >= 11 is 0. The maximum Gasteiger partial charge on any atom is 0.438 e. The smallest absolute Gasteiger partial charge is 0.362 e. The number of amides is 1. The van der Waals surface area contributed by atoms with Gasteiger partial charge in [-0.05, 0) is 35.7 Å². The van der Waals surface area contributed by atoms with Crippen molar-refractivity contribution in [3.05, 3.63) is 71.0 Å². The average Bonchev–Trinajstić information content (AvgIpc) is 3.00. The largest absolute Gasteiger partial charge is 0.438 e. The van der Waals surface area contributed by atoms with Gasteiger partial charge < -0.3 is 5.11 Å². The zero-order valence-electron chi connectivity index (χ0n) is 14.3. The number of alkyl halides is 3. The molecular weight excluding hydrogens is 364 g/mol. The van der Waals surface area contributed by atoms with E-state index in [2.05, 4.69) is 5.10 Å². The number of aliphatic hydroxyl groups is 1. The number of nitrogens with zero attached hydrogens (tertiary/aromatic N) is 2. The highest BCUT2D eigenvalue weighted by molar-refractivity contribution is 6.05. The van der Waals surface area contributed by atoms with E-state index in [-0.39, 0.29) is 16.3 Å². The van der Waals surface area contributed by atoms with E-state index in [0.717, 1.165) is 30.2 Å². The van der Waals surface area contributed by atoms with Gasteiger partial charge in [-0.15, -0.1) is 0 Å². The van der Waals surface area contributed by atoms with Crippen LogP contribution in [0.4, 0.5) is 17.6 Å². The third-order valence-corrected chi connectivity index (χ3v) is 4.40. The number of carbonyl (C=O) groups excluding carboxylic acids is 1. The topological polar surface area (TPSA) is 52.9 Å². The SMILES string of the molecule is CCc1ccc(C2=NN(C(=O)c3cccc(F)c3)[C@](O)(C(F)(F)F)C2)cc1. The normalized spacial score (nSPS) is 19.9. The highest BCUT2D eigenvalue weighted by atomic mass is 19.4. The molecule has 8 heteroatoms. The van der Waals surface area contributed by atoms with Crippen molar-refractivity contribution >= 4 is 11.6 Å². The number of rotatable bonds is 3. The third-order valence-electron chi connectivity index (χ3n) is 4.40. The number of halogens is 4. The van der Waals surface area contributed by atoms with Gasteiger partial charge in [0.05, 0.1) is 12.1 Å². The molecule has 142 valence electrons. The van der Waals surface area contributed by atoms with Gasteiger partial charge >= 0.3 is 6.18 Å². The lowest BCUT2D eigenvalue weighted by Crippen LogP contribution is -2.56. The Balaban J connectivity index is 2.03. The second-order valence-corrected chi connectivity index (χ2v) is 6.22. The molecule has 2 aromatic rings. The van der Waals surface area contributed by atoms with Crippen LogP contribution in [0.5, 0.6) is 0 Å². The van der Waals surface area contributed by atoms with Gasteiger partial charge in [0.1, 0.15) is 5.82 Å². The molecule has 0 unspecified atom stereocenters. The van der Waals surface area contributed by atoms with Crippen LogP contribution in [0.3, 0.4) is 0 Å². The first-order valence-electron chi connectivity index (χ1n) is 8.21. The molecule has 0 spiro atoms. The minimum atomic E-state index is -5.15. The predicted molar refractivity (Wildman–Crippen MR) is 90.5 cm³/mol. The molecule has 0 bridgehead atoms. The van der Waals surface area contributed by atoms with E-state index in [4.69, 9.17) is 0 Å². The predicted octanol–water partition coefficient (Wildman–Crippen LogP) is 3.89. The van der Waals surface area contributed by atoms with Crippen molar-refractivity contribution in [3.63, 3.8) is 0 Å². The van der Waals surface area contributed by atoms with E-state index >= 15 is 0 Å². The van der Waals surface area contributed by atoms with Crippen molar-refractivity contribution in [2.75, 3.05) is 0 Å². The first-order chi connectivity index (χ1) is 12.7. The number of aryl methyl sites for hydroxylation is 1. The summed E-state index contributed by atoms with van der Waals surface area (Å²) in [6.45, 7) is 1.93. The summed E-state index contributed by atoms with van der Waals surface area (Å²) in [5.41, 5.74) is -2.58. The van der Waals surface area contributed by atoms with Gasteiger partial charge in [-0.3, -0.25) is 4.79 Å². The summed E-state index contributed by atoms with van der Waals surface area (Å²) in [5.74, 6) is -2.02. The Morgan fingerprint density at radius 3 is 2.44 bits per heavy atom. The number of benzene rings is 2. The Hall–Kier alpha value is -2.74. The van der Waals surface area contributed by atoms with Crippen LogP contribution in [0.15, 0.2) is 53.6 Å². The van der Waals surface area contributed by atoms with Gasteiger partial charge in [0.2, 0.25) is 0 Å². The van der Waals surface area contributed by atoms with E-state index in [1.807, 2.05) is 6.92 Å². The molecule has 1 aliphatic rings. The van der Waals surface area contributed by atoms with Crippen molar-refractivity contribution in [3.8, 4) is 0 Å². The molecule has 27 heavy (non-hydrogen) atoms. The molecule has 2 aromatic carbocycles. The highest BCUT2D eigenvalue weighted by Crippen LogP contribution is 2.42. The Labute approximate surface area is 152 Å². The van der Waals surface area contributed by atoms with Crippen LogP contribution >= 0.6 is 0 Å². The van der Waals surface area contributed by atoms with E-state index in [0.29, 0.717) is 5.56 Å². The summed E-state index contributed by atoms with van der Waals surface area (Å²) in [6.07, 6.45) is -5.31. The van der Waals surface area contributed by atoms with Gasteiger partial charge in [-0.2, -0.15) is 23.3 Å². The minimum absolute atomic E-state index is 0.00909. The molecule has 1 heterocycles. The van der Waals surface area contributed by atoms with Gasteiger partial charge in [-0.1, -0.05) is 37.3 Å². The fourth-order valence-corrected chi connectivity index (χ4v) is 2.82. The van der Waals surface area contributed by atoms with Crippen LogP contribution in [0.2, 0.25) is 0 Å². The minimum Gasteiger partial charge on any atom is -0.362 e. The number of hydrazone groups is 1. The maximum absolute atomic E-state index is 13.6. The van der Waals surface area contributed by atoms with Gasteiger partial charge in [0.15, 0.2) is 0 Å². The Morgan fingerprint density at radius 2 is 1.89 bits per heavy atom. The number of hydrogen-bond donors (Lipinski definition) is 1. The van der Waals surface area contributed by atoms with Crippen LogP contribution < -0.4 is 0 Å². The standard InChI is InChI=1S/C19H16F4N2O2/c1-2-12-6-8-13(9-7-12)16-11-18(27,19(21,22)23)25(24-16)17(26)14-4-3-5-15(20)10-14/h3-10,27H,2,11H2,1H3/t18-/m1/s1. The second-order valence-electron chi connectivity index (χ2n) is 6.22. The molecule has 0 fully saturated rings. The van der Waals surface area contributed by atoms with Crippen LogP contribution in [0.25, 0.3) is 0 Å². The summed E-state index contributed by atoms with van der Waals surface area (Å²) in [4.78, 5) is 12.5. The fraction of sp³-hybridized carbons (Fsp3) is 0.263. The lowest BCUT2D eigenvalue weighted by Gasteiger charge is -2.32. The zero-order valence-corrected chi connectivity index (χ0v) is 14.3. The Bertz CT molecular complexity index is 893. The molecule has 0 aliphatic carbocycles. The van der Waals surface area contributed by atoms with E-state index in [1.165, 1.54) is 6.07 Å². The Morgan fingerprint density at radius 1 is 1.22 bits per heavy atom.